The third kappa shape index (κ3) is 4.21. The van der Waals surface area contributed by atoms with Gasteiger partial charge in [0.05, 0.1) is 12.9 Å². The molecule has 0 atom stereocenters. The van der Waals surface area contributed by atoms with Crippen LogP contribution in [0, 0.1) is 20.8 Å². The van der Waals surface area contributed by atoms with Crippen LogP contribution in [-0.2, 0) is 4.79 Å². The molecule has 0 radical (unpaired) electrons. The molecule has 0 bridgehead atoms. The molecule has 0 aliphatic heterocycles. The molecule has 116 valence electrons. The molecule has 22 heavy (non-hydrogen) atoms. The number of rotatable bonds is 5. The zero-order valence-electron chi connectivity index (χ0n) is 13.1. The van der Waals surface area contributed by atoms with E-state index in [0.717, 1.165) is 28.4 Å². The van der Waals surface area contributed by atoms with Crippen molar-refractivity contribution in [2.24, 2.45) is 0 Å². The number of carbonyl (C=O) groups excluding carboxylic acids is 1. The van der Waals surface area contributed by atoms with Gasteiger partial charge in [0.1, 0.15) is 5.75 Å². The minimum atomic E-state index is -0.0883. The summed E-state index contributed by atoms with van der Waals surface area (Å²) in [5.74, 6) is 0.939. The number of anilines is 1. The Hall–Kier alpha value is -2.08. The summed E-state index contributed by atoms with van der Waals surface area (Å²) in [5.41, 5.74) is 3.73. The third-order valence-corrected chi connectivity index (χ3v) is 4.17. The number of hydrogen-bond acceptors (Lipinski definition) is 5. The molecule has 1 heterocycles. The lowest BCUT2D eigenvalue weighted by molar-refractivity contribution is -0.113. The van der Waals surface area contributed by atoms with Crippen LogP contribution in [0.25, 0.3) is 0 Å². The maximum atomic E-state index is 12.0. The fraction of sp³-hybridized carbons (Fsp3) is 0.312. The Balaban J connectivity index is 1.92. The van der Waals surface area contributed by atoms with E-state index in [4.69, 9.17) is 4.74 Å². The van der Waals surface area contributed by atoms with Gasteiger partial charge in [0.25, 0.3) is 0 Å². The maximum Gasteiger partial charge on any atom is 0.234 e. The van der Waals surface area contributed by atoms with E-state index in [-0.39, 0.29) is 11.7 Å². The third-order valence-electron chi connectivity index (χ3n) is 3.32. The Morgan fingerprint density at radius 2 is 1.73 bits per heavy atom. The Labute approximate surface area is 134 Å². The van der Waals surface area contributed by atoms with E-state index >= 15 is 0 Å². The summed E-state index contributed by atoms with van der Waals surface area (Å²) < 4.78 is 5.08. The number of nitrogens with zero attached hydrogens (tertiary/aromatic N) is 2. The zero-order chi connectivity index (χ0) is 16.1. The minimum Gasteiger partial charge on any atom is -0.497 e. The Morgan fingerprint density at radius 3 is 2.27 bits per heavy atom. The second-order valence-electron chi connectivity index (χ2n) is 4.87. The van der Waals surface area contributed by atoms with E-state index in [1.54, 1.807) is 31.4 Å². The Morgan fingerprint density at radius 1 is 1.14 bits per heavy atom. The molecule has 1 amide bonds. The fourth-order valence-corrected chi connectivity index (χ4v) is 2.54. The lowest BCUT2D eigenvalue weighted by Gasteiger charge is -2.08. The maximum absolute atomic E-state index is 12.0. The minimum absolute atomic E-state index is 0.0883. The molecule has 0 aliphatic carbocycles. The van der Waals surface area contributed by atoms with E-state index in [1.807, 2.05) is 20.8 Å². The molecule has 6 heteroatoms. The van der Waals surface area contributed by atoms with Crippen LogP contribution >= 0.6 is 11.8 Å². The van der Waals surface area contributed by atoms with Crippen LogP contribution in [0.3, 0.4) is 0 Å². The van der Waals surface area contributed by atoms with Crippen LogP contribution in [0.4, 0.5) is 5.69 Å². The summed E-state index contributed by atoms with van der Waals surface area (Å²) in [6, 6.07) is 7.22. The predicted octanol–water partition coefficient (Wildman–Crippen LogP) is 3.14. The number of carbonyl (C=O) groups is 1. The number of thioether (sulfide) groups is 1. The highest BCUT2D eigenvalue weighted by Gasteiger charge is 2.08. The number of ether oxygens (including phenoxy) is 1. The summed E-state index contributed by atoms with van der Waals surface area (Å²) in [7, 11) is 1.61. The van der Waals surface area contributed by atoms with Gasteiger partial charge in [0.15, 0.2) is 5.16 Å². The van der Waals surface area contributed by atoms with Crippen LogP contribution in [0.1, 0.15) is 17.0 Å². The molecule has 1 aromatic carbocycles. The largest absolute Gasteiger partial charge is 0.497 e. The van der Waals surface area contributed by atoms with Crippen molar-refractivity contribution in [3.63, 3.8) is 0 Å². The fourth-order valence-electron chi connectivity index (χ4n) is 1.81. The van der Waals surface area contributed by atoms with Gasteiger partial charge in [-0.2, -0.15) is 0 Å². The number of amides is 1. The van der Waals surface area contributed by atoms with Gasteiger partial charge in [-0.1, -0.05) is 11.8 Å². The van der Waals surface area contributed by atoms with Crippen molar-refractivity contribution >= 4 is 23.4 Å². The van der Waals surface area contributed by atoms with Crippen molar-refractivity contribution in [1.82, 2.24) is 9.97 Å². The highest BCUT2D eigenvalue weighted by Crippen LogP contribution is 2.18. The lowest BCUT2D eigenvalue weighted by Crippen LogP contribution is -2.14. The molecular formula is C16H19N3O2S. The predicted molar refractivity (Wildman–Crippen MR) is 88.6 cm³/mol. The van der Waals surface area contributed by atoms with Gasteiger partial charge < -0.3 is 10.1 Å². The van der Waals surface area contributed by atoms with Gasteiger partial charge in [-0.05, 0) is 50.6 Å². The number of aryl methyl sites for hydroxylation is 2. The summed E-state index contributed by atoms with van der Waals surface area (Å²) in [6.45, 7) is 5.90. The SMILES string of the molecule is COc1ccc(NC(=O)CSc2nc(C)c(C)c(C)n2)cc1. The summed E-state index contributed by atoms with van der Waals surface area (Å²) in [4.78, 5) is 20.7. The van der Waals surface area contributed by atoms with E-state index in [0.29, 0.717) is 5.16 Å². The smallest absolute Gasteiger partial charge is 0.234 e. The first-order valence-corrected chi connectivity index (χ1v) is 7.86. The summed E-state index contributed by atoms with van der Waals surface area (Å²) >= 11 is 1.33. The van der Waals surface area contributed by atoms with Crippen LogP contribution < -0.4 is 10.1 Å². The topological polar surface area (TPSA) is 64.1 Å². The standard InChI is InChI=1S/C16H19N3O2S/c1-10-11(2)17-16(18-12(10)3)22-9-15(20)19-13-5-7-14(21-4)8-6-13/h5-8H,9H2,1-4H3,(H,19,20). The molecule has 2 aromatic rings. The van der Waals surface area contributed by atoms with Crippen LogP contribution in [0.15, 0.2) is 29.4 Å². The van der Waals surface area contributed by atoms with Crippen molar-refractivity contribution in [1.29, 1.82) is 0 Å². The molecule has 0 saturated carbocycles. The first kappa shape index (κ1) is 16.3. The quantitative estimate of drug-likeness (QED) is 0.678. The van der Waals surface area contributed by atoms with Gasteiger partial charge in [0.2, 0.25) is 5.91 Å². The number of aromatic nitrogens is 2. The average molecular weight is 317 g/mol. The molecule has 5 nitrogen and oxygen atoms in total. The van der Waals surface area contributed by atoms with E-state index < -0.39 is 0 Å². The molecule has 0 saturated heterocycles. The van der Waals surface area contributed by atoms with Gasteiger partial charge in [-0.3, -0.25) is 4.79 Å². The Kier molecular flexibility index (Phi) is 5.38. The van der Waals surface area contributed by atoms with E-state index in [9.17, 15) is 4.79 Å². The molecule has 0 spiro atoms. The van der Waals surface area contributed by atoms with Gasteiger partial charge in [-0.15, -0.1) is 0 Å². The van der Waals surface area contributed by atoms with E-state index in [1.165, 1.54) is 11.8 Å². The van der Waals surface area contributed by atoms with E-state index in [2.05, 4.69) is 15.3 Å². The summed E-state index contributed by atoms with van der Waals surface area (Å²) in [6.07, 6.45) is 0. The molecule has 0 fully saturated rings. The normalized spacial score (nSPS) is 10.4. The number of methoxy groups -OCH3 is 1. The molecule has 2 rings (SSSR count). The highest BCUT2D eigenvalue weighted by atomic mass is 32.2. The Bertz CT molecular complexity index is 649. The van der Waals surface area contributed by atoms with Gasteiger partial charge in [-0.25, -0.2) is 9.97 Å². The molecular weight excluding hydrogens is 298 g/mol. The van der Waals surface area contributed by atoms with Crippen LogP contribution in [-0.4, -0.2) is 28.7 Å². The molecule has 0 aliphatic rings. The second-order valence-corrected chi connectivity index (χ2v) is 5.81. The second kappa shape index (κ2) is 7.26. The van der Waals surface area contributed by atoms with Crippen molar-refractivity contribution in [2.45, 2.75) is 25.9 Å². The van der Waals surface area contributed by atoms with Crippen LogP contribution in [0.2, 0.25) is 0 Å². The van der Waals surface area contributed by atoms with Crippen molar-refractivity contribution < 1.29 is 9.53 Å². The highest BCUT2D eigenvalue weighted by molar-refractivity contribution is 7.99. The first-order chi connectivity index (χ1) is 10.5. The monoisotopic (exact) mass is 317 g/mol. The lowest BCUT2D eigenvalue weighted by atomic mass is 10.2. The number of benzene rings is 1. The molecule has 1 aromatic heterocycles. The van der Waals surface area contributed by atoms with Gasteiger partial charge in [0, 0.05) is 17.1 Å². The van der Waals surface area contributed by atoms with Crippen molar-refractivity contribution in [3.8, 4) is 5.75 Å². The first-order valence-electron chi connectivity index (χ1n) is 6.88. The molecule has 0 unspecified atom stereocenters. The summed E-state index contributed by atoms with van der Waals surface area (Å²) in [5, 5.41) is 3.46. The number of nitrogens with one attached hydrogen (secondary N) is 1. The van der Waals surface area contributed by atoms with Crippen LogP contribution in [0.5, 0.6) is 5.75 Å². The van der Waals surface area contributed by atoms with Gasteiger partial charge >= 0.3 is 0 Å². The average Bonchev–Trinajstić information content (AvgIpc) is 2.51. The number of hydrogen-bond donors (Lipinski definition) is 1. The van der Waals surface area contributed by atoms with Crippen molar-refractivity contribution in [2.75, 3.05) is 18.2 Å². The molecule has 1 N–H and O–H groups in total. The zero-order valence-corrected chi connectivity index (χ0v) is 14.0. The van der Waals surface area contributed by atoms with Crippen molar-refractivity contribution in [3.05, 3.63) is 41.2 Å².